The molecule has 0 unspecified atom stereocenters. The van der Waals surface area contributed by atoms with Crippen LogP contribution in [0.1, 0.15) is 20.8 Å². The highest BCUT2D eigenvalue weighted by Crippen LogP contribution is 2.35. The van der Waals surface area contributed by atoms with E-state index in [1.165, 1.54) is 30.3 Å². The first kappa shape index (κ1) is 24.7. The molecular formula is C24H21ClF2O5S. The van der Waals surface area contributed by atoms with E-state index in [0.717, 1.165) is 24.3 Å². The molecule has 0 aliphatic carbocycles. The number of rotatable bonds is 6. The minimum Gasteiger partial charge on any atom is -0.481 e. The molecule has 0 bridgehead atoms. The van der Waals surface area contributed by atoms with Crippen LogP contribution in [0, 0.1) is 11.6 Å². The molecule has 5 nitrogen and oxygen atoms in total. The third kappa shape index (κ3) is 5.89. The highest BCUT2D eigenvalue weighted by atomic mass is 35.5. The fourth-order valence-corrected chi connectivity index (χ4v) is 4.85. The van der Waals surface area contributed by atoms with Crippen LogP contribution >= 0.6 is 11.6 Å². The van der Waals surface area contributed by atoms with Crippen LogP contribution in [-0.2, 0) is 19.4 Å². The molecule has 0 fully saturated rings. The van der Waals surface area contributed by atoms with Gasteiger partial charge in [0.05, 0.1) is 9.92 Å². The van der Waals surface area contributed by atoms with Crippen molar-refractivity contribution in [1.29, 1.82) is 0 Å². The Morgan fingerprint density at radius 1 is 0.970 bits per heavy atom. The number of benzene rings is 3. The maximum atomic E-state index is 14.9. The summed E-state index contributed by atoms with van der Waals surface area (Å²) < 4.78 is 65.3. The lowest BCUT2D eigenvalue weighted by Crippen LogP contribution is -2.27. The molecule has 0 aliphatic heterocycles. The zero-order valence-electron chi connectivity index (χ0n) is 18.1. The Morgan fingerprint density at radius 2 is 1.67 bits per heavy atom. The van der Waals surface area contributed by atoms with E-state index in [9.17, 15) is 22.0 Å². The number of halogens is 3. The van der Waals surface area contributed by atoms with Gasteiger partial charge >= 0.3 is 5.97 Å². The summed E-state index contributed by atoms with van der Waals surface area (Å²) in [6, 6.07) is 12.6. The smallest absolute Gasteiger partial charge is 0.344 e. The Kier molecular flexibility index (Phi) is 7.09. The molecule has 3 rings (SSSR count). The van der Waals surface area contributed by atoms with Gasteiger partial charge in [0.1, 0.15) is 27.9 Å². The second-order valence-corrected chi connectivity index (χ2v) is 10.4. The summed E-state index contributed by atoms with van der Waals surface area (Å²) >= 11 is 5.98. The maximum Gasteiger partial charge on any atom is 0.344 e. The summed E-state index contributed by atoms with van der Waals surface area (Å²) in [5, 5.41) is -0.0380. The molecule has 0 atom stereocenters. The minimum absolute atomic E-state index is 0.0380. The Bertz CT molecular complexity index is 1300. The van der Waals surface area contributed by atoms with E-state index in [1.54, 1.807) is 26.8 Å². The molecule has 3 aromatic carbocycles. The zero-order chi connectivity index (χ0) is 24.4. The fourth-order valence-electron chi connectivity index (χ4n) is 3.03. The fraction of sp³-hybridized carbons (Fsp3) is 0.208. The van der Waals surface area contributed by atoms with Crippen molar-refractivity contribution in [2.45, 2.75) is 36.2 Å². The Labute approximate surface area is 195 Å². The lowest BCUT2D eigenvalue weighted by molar-refractivity contribution is -0.157. The normalized spacial score (nSPS) is 11.8. The molecule has 9 heteroatoms. The van der Waals surface area contributed by atoms with Gasteiger partial charge in [0, 0.05) is 5.56 Å². The number of hydrogen-bond acceptors (Lipinski definition) is 5. The second-order valence-electron chi connectivity index (χ2n) is 8.09. The predicted molar refractivity (Wildman–Crippen MR) is 120 cm³/mol. The third-order valence-electron chi connectivity index (χ3n) is 4.37. The van der Waals surface area contributed by atoms with E-state index in [2.05, 4.69) is 0 Å². The number of ether oxygens (including phenoxy) is 2. The Morgan fingerprint density at radius 3 is 2.30 bits per heavy atom. The molecular weight excluding hydrogens is 474 g/mol. The van der Waals surface area contributed by atoms with Crippen LogP contribution in [0.4, 0.5) is 8.78 Å². The maximum absolute atomic E-state index is 14.9. The van der Waals surface area contributed by atoms with Gasteiger partial charge in [0.2, 0.25) is 9.84 Å². The molecule has 0 amide bonds. The monoisotopic (exact) mass is 494 g/mol. The topological polar surface area (TPSA) is 69.7 Å². The number of carbonyl (C=O) groups is 1. The second kappa shape index (κ2) is 9.49. The van der Waals surface area contributed by atoms with Crippen LogP contribution in [0.15, 0.2) is 70.5 Å². The molecule has 0 aromatic heterocycles. The lowest BCUT2D eigenvalue weighted by Gasteiger charge is -2.20. The van der Waals surface area contributed by atoms with E-state index in [1.807, 2.05) is 0 Å². The van der Waals surface area contributed by atoms with Crippen molar-refractivity contribution in [2.75, 3.05) is 6.61 Å². The first-order valence-corrected chi connectivity index (χ1v) is 11.7. The summed E-state index contributed by atoms with van der Waals surface area (Å²) in [4.78, 5) is 11.2. The van der Waals surface area contributed by atoms with E-state index >= 15 is 0 Å². The van der Waals surface area contributed by atoms with Crippen LogP contribution in [-0.4, -0.2) is 26.6 Å². The predicted octanol–water partition coefficient (Wildman–Crippen LogP) is 5.84. The first-order chi connectivity index (χ1) is 15.4. The van der Waals surface area contributed by atoms with Crippen LogP contribution in [0.5, 0.6) is 5.75 Å². The van der Waals surface area contributed by atoms with Gasteiger partial charge in [0.15, 0.2) is 6.61 Å². The molecule has 0 heterocycles. The summed E-state index contributed by atoms with van der Waals surface area (Å²) in [6.45, 7) is 4.66. The average Bonchev–Trinajstić information content (AvgIpc) is 2.71. The van der Waals surface area contributed by atoms with Gasteiger partial charge in [-0.1, -0.05) is 29.8 Å². The minimum atomic E-state index is -4.23. The van der Waals surface area contributed by atoms with Crippen molar-refractivity contribution in [3.8, 4) is 16.9 Å². The number of hydrogen-bond donors (Lipinski definition) is 0. The van der Waals surface area contributed by atoms with E-state index in [0.29, 0.717) is 0 Å². The number of carbonyl (C=O) groups excluding carboxylic acids is 1. The molecule has 0 saturated carbocycles. The quantitative estimate of drug-likeness (QED) is 0.403. The van der Waals surface area contributed by atoms with Crippen LogP contribution in [0.25, 0.3) is 11.1 Å². The SMILES string of the molecule is CC(C)(C)OC(=O)COc1ccc(F)cc1-c1ccc(S(=O)(=O)c2ccccc2Cl)c(F)c1. The molecule has 0 saturated heterocycles. The summed E-state index contributed by atoms with van der Waals surface area (Å²) in [5.74, 6) is -2.20. The van der Waals surface area contributed by atoms with Gasteiger partial charge in [-0.3, -0.25) is 0 Å². The number of sulfone groups is 1. The molecule has 33 heavy (non-hydrogen) atoms. The molecule has 3 aromatic rings. The standard InChI is InChI=1S/C24H21ClF2O5S/c1-24(2,3)32-23(28)14-31-20-10-9-16(26)13-17(20)15-8-11-22(19(27)12-15)33(29,30)21-7-5-4-6-18(21)25/h4-13H,14H2,1-3H3. The van der Waals surface area contributed by atoms with Crippen molar-refractivity contribution >= 4 is 27.4 Å². The Balaban J connectivity index is 1.95. The van der Waals surface area contributed by atoms with Crippen molar-refractivity contribution in [3.05, 3.63) is 77.3 Å². The van der Waals surface area contributed by atoms with E-state index < -0.39 is 44.5 Å². The van der Waals surface area contributed by atoms with Gasteiger partial charge in [-0.15, -0.1) is 0 Å². The first-order valence-electron chi connectivity index (χ1n) is 9.82. The molecule has 0 N–H and O–H groups in total. The van der Waals surface area contributed by atoms with Crippen molar-refractivity contribution in [1.82, 2.24) is 0 Å². The summed E-state index contributed by atoms with van der Waals surface area (Å²) in [7, 11) is -4.23. The highest BCUT2D eigenvalue weighted by molar-refractivity contribution is 7.91. The lowest BCUT2D eigenvalue weighted by atomic mass is 10.0. The average molecular weight is 495 g/mol. The van der Waals surface area contributed by atoms with Crippen molar-refractivity contribution < 1.29 is 31.5 Å². The van der Waals surface area contributed by atoms with Gasteiger partial charge in [-0.2, -0.15) is 0 Å². The van der Waals surface area contributed by atoms with Crippen molar-refractivity contribution in [3.63, 3.8) is 0 Å². The summed E-state index contributed by atoms with van der Waals surface area (Å²) in [6.07, 6.45) is 0. The Hall–Kier alpha value is -2.97. The van der Waals surface area contributed by atoms with Gasteiger partial charge < -0.3 is 9.47 Å². The van der Waals surface area contributed by atoms with Gasteiger partial charge in [-0.25, -0.2) is 22.0 Å². The largest absolute Gasteiger partial charge is 0.481 e. The van der Waals surface area contributed by atoms with Crippen LogP contribution in [0.2, 0.25) is 5.02 Å². The molecule has 0 spiro atoms. The molecule has 0 radical (unpaired) electrons. The number of esters is 1. The molecule has 174 valence electrons. The van der Waals surface area contributed by atoms with E-state index in [4.69, 9.17) is 21.1 Å². The third-order valence-corrected chi connectivity index (χ3v) is 6.65. The van der Waals surface area contributed by atoms with Crippen LogP contribution in [0.3, 0.4) is 0 Å². The van der Waals surface area contributed by atoms with Gasteiger partial charge in [-0.05, 0) is 68.8 Å². The van der Waals surface area contributed by atoms with Crippen molar-refractivity contribution in [2.24, 2.45) is 0 Å². The summed E-state index contributed by atoms with van der Waals surface area (Å²) in [5.41, 5.74) is -0.415. The highest BCUT2D eigenvalue weighted by Gasteiger charge is 2.25. The van der Waals surface area contributed by atoms with Crippen LogP contribution < -0.4 is 4.74 Å². The van der Waals surface area contributed by atoms with E-state index in [-0.39, 0.29) is 26.8 Å². The van der Waals surface area contributed by atoms with Gasteiger partial charge in [0.25, 0.3) is 0 Å². The molecule has 0 aliphatic rings. The zero-order valence-corrected chi connectivity index (χ0v) is 19.6.